The molecule has 0 radical (unpaired) electrons. The highest BCUT2D eigenvalue weighted by atomic mass is 16.2. The fourth-order valence-electron chi connectivity index (χ4n) is 2.19. The van der Waals surface area contributed by atoms with Crippen molar-refractivity contribution >= 4 is 29.4 Å². The molecule has 8 heteroatoms. The van der Waals surface area contributed by atoms with Gasteiger partial charge in [0, 0.05) is 5.92 Å². The van der Waals surface area contributed by atoms with Gasteiger partial charge in [0.05, 0.1) is 11.9 Å². The summed E-state index contributed by atoms with van der Waals surface area (Å²) in [6.07, 6.45) is 4.01. The quantitative estimate of drug-likeness (QED) is 0.602. The number of amides is 4. The molecule has 0 spiro atoms. The van der Waals surface area contributed by atoms with Crippen molar-refractivity contribution in [2.24, 2.45) is 17.6 Å². The molecule has 1 aromatic rings. The van der Waals surface area contributed by atoms with E-state index in [0.29, 0.717) is 17.9 Å². The summed E-state index contributed by atoms with van der Waals surface area (Å²) in [5, 5.41) is 7.88. The third kappa shape index (κ3) is 4.94. The number of nitrogens with zero attached hydrogens (tertiary/aromatic N) is 1. The molecule has 130 valence electrons. The van der Waals surface area contributed by atoms with Gasteiger partial charge >= 0.3 is 6.03 Å². The Morgan fingerprint density at radius 1 is 1.29 bits per heavy atom. The lowest BCUT2D eigenvalue weighted by Gasteiger charge is -2.22. The van der Waals surface area contributed by atoms with Crippen LogP contribution in [0.4, 0.5) is 16.3 Å². The first-order valence-corrected chi connectivity index (χ1v) is 8.04. The number of rotatable bonds is 7. The molecular formula is C16H23N5O3. The third-order valence-corrected chi connectivity index (χ3v) is 4.02. The molecule has 0 aromatic carbocycles. The summed E-state index contributed by atoms with van der Waals surface area (Å²) in [6.45, 7) is 3.78. The van der Waals surface area contributed by atoms with Crippen LogP contribution in [0.5, 0.6) is 0 Å². The minimum absolute atomic E-state index is 0.0261. The van der Waals surface area contributed by atoms with Crippen molar-refractivity contribution < 1.29 is 14.4 Å². The lowest BCUT2D eigenvalue weighted by Crippen LogP contribution is -2.49. The van der Waals surface area contributed by atoms with E-state index >= 15 is 0 Å². The molecule has 1 fully saturated rings. The summed E-state index contributed by atoms with van der Waals surface area (Å²) in [6, 6.07) is 1.80. The number of nitrogens with two attached hydrogens (primary N) is 1. The second-order valence-electron chi connectivity index (χ2n) is 6.06. The molecule has 1 aliphatic rings. The first-order chi connectivity index (χ1) is 11.4. The van der Waals surface area contributed by atoms with Gasteiger partial charge in [-0.15, -0.1) is 0 Å². The van der Waals surface area contributed by atoms with E-state index in [1.54, 1.807) is 12.1 Å². The normalized spacial score (nSPS) is 15.9. The summed E-state index contributed by atoms with van der Waals surface area (Å²) in [5.74, 6) is 0.0880. The van der Waals surface area contributed by atoms with E-state index in [1.807, 2.05) is 13.8 Å². The fraction of sp³-hybridized carbons (Fsp3) is 0.500. The minimum Gasteiger partial charge on any atom is -0.352 e. The van der Waals surface area contributed by atoms with Gasteiger partial charge in [-0.25, -0.2) is 9.78 Å². The molecule has 0 unspecified atom stereocenters. The Kier molecular flexibility index (Phi) is 5.73. The van der Waals surface area contributed by atoms with Crippen LogP contribution in [-0.4, -0.2) is 28.9 Å². The van der Waals surface area contributed by atoms with Crippen molar-refractivity contribution in [2.45, 2.75) is 39.2 Å². The van der Waals surface area contributed by atoms with Crippen molar-refractivity contribution in [2.75, 3.05) is 10.6 Å². The first kappa shape index (κ1) is 17.7. The Bertz CT molecular complexity index is 613. The van der Waals surface area contributed by atoms with Crippen molar-refractivity contribution in [3.05, 3.63) is 18.3 Å². The predicted octanol–water partition coefficient (Wildman–Crippen LogP) is 1.45. The zero-order chi connectivity index (χ0) is 17.7. The third-order valence-electron chi connectivity index (χ3n) is 4.02. The monoisotopic (exact) mass is 333 g/mol. The molecule has 2 rings (SSSR count). The van der Waals surface area contributed by atoms with Gasteiger partial charge in [-0.05, 0) is 30.9 Å². The molecule has 1 heterocycles. The van der Waals surface area contributed by atoms with Gasteiger partial charge in [-0.3, -0.25) is 9.59 Å². The molecule has 4 amide bonds. The molecule has 8 nitrogen and oxygen atoms in total. The summed E-state index contributed by atoms with van der Waals surface area (Å²) < 4.78 is 0. The van der Waals surface area contributed by atoms with Gasteiger partial charge in [0.2, 0.25) is 11.8 Å². The van der Waals surface area contributed by atoms with Crippen LogP contribution < -0.4 is 21.7 Å². The van der Waals surface area contributed by atoms with Crippen molar-refractivity contribution in [1.82, 2.24) is 10.3 Å². The van der Waals surface area contributed by atoms with Gasteiger partial charge in [0.15, 0.2) is 0 Å². The number of carbonyl (C=O) groups is 3. The molecule has 0 bridgehead atoms. The fourth-order valence-corrected chi connectivity index (χ4v) is 2.19. The number of pyridine rings is 1. The number of aromatic nitrogens is 1. The zero-order valence-electron chi connectivity index (χ0n) is 13.8. The summed E-state index contributed by atoms with van der Waals surface area (Å²) >= 11 is 0. The van der Waals surface area contributed by atoms with E-state index in [0.717, 1.165) is 12.8 Å². The Hall–Kier alpha value is -2.64. The number of urea groups is 1. The smallest absolute Gasteiger partial charge is 0.312 e. The summed E-state index contributed by atoms with van der Waals surface area (Å²) in [7, 11) is 0. The highest BCUT2D eigenvalue weighted by molar-refractivity contribution is 5.97. The van der Waals surface area contributed by atoms with E-state index in [-0.39, 0.29) is 23.7 Å². The Balaban J connectivity index is 1.96. The van der Waals surface area contributed by atoms with Crippen LogP contribution in [0.1, 0.15) is 33.1 Å². The van der Waals surface area contributed by atoms with Crippen LogP contribution in [-0.2, 0) is 9.59 Å². The predicted molar refractivity (Wildman–Crippen MR) is 90.2 cm³/mol. The maximum Gasteiger partial charge on any atom is 0.312 e. The number of anilines is 2. The highest BCUT2D eigenvalue weighted by Crippen LogP contribution is 2.29. The molecule has 1 saturated carbocycles. The molecule has 0 aliphatic heterocycles. The Labute approximate surface area is 140 Å². The van der Waals surface area contributed by atoms with Crippen LogP contribution >= 0.6 is 0 Å². The van der Waals surface area contributed by atoms with Crippen molar-refractivity contribution in [3.63, 3.8) is 0 Å². The largest absolute Gasteiger partial charge is 0.352 e. The number of hydrogen-bond acceptors (Lipinski definition) is 4. The Morgan fingerprint density at radius 2 is 2.00 bits per heavy atom. The highest BCUT2D eigenvalue weighted by Gasteiger charge is 2.29. The molecule has 1 aromatic heterocycles. The van der Waals surface area contributed by atoms with Crippen LogP contribution in [0, 0.1) is 11.8 Å². The SMILES string of the molecule is CC[C@H](C)[C@H](NC(N)=O)C(=O)Nc1ccc(NC(=O)C2CC2)nc1. The lowest BCUT2D eigenvalue weighted by atomic mass is 9.98. The van der Waals surface area contributed by atoms with Gasteiger partial charge in [-0.1, -0.05) is 20.3 Å². The number of carbonyl (C=O) groups excluding carboxylic acids is 3. The minimum atomic E-state index is -0.744. The van der Waals surface area contributed by atoms with E-state index in [9.17, 15) is 14.4 Å². The molecule has 5 N–H and O–H groups in total. The van der Waals surface area contributed by atoms with E-state index < -0.39 is 12.1 Å². The molecular weight excluding hydrogens is 310 g/mol. The first-order valence-electron chi connectivity index (χ1n) is 8.04. The van der Waals surface area contributed by atoms with Crippen LogP contribution in [0.25, 0.3) is 0 Å². The molecule has 24 heavy (non-hydrogen) atoms. The van der Waals surface area contributed by atoms with Gasteiger partial charge in [0.1, 0.15) is 11.9 Å². The van der Waals surface area contributed by atoms with Gasteiger partial charge in [-0.2, -0.15) is 0 Å². The number of primary amides is 1. The average Bonchev–Trinajstić information content (AvgIpc) is 3.38. The maximum atomic E-state index is 12.3. The van der Waals surface area contributed by atoms with Crippen LogP contribution in [0.2, 0.25) is 0 Å². The summed E-state index contributed by atoms with van der Waals surface area (Å²) in [5.41, 5.74) is 5.61. The van der Waals surface area contributed by atoms with Crippen LogP contribution in [0.15, 0.2) is 18.3 Å². The van der Waals surface area contributed by atoms with Crippen LogP contribution in [0.3, 0.4) is 0 Å². The molecule has 2 atom stereocenters. The standard InChI is InChI=1S/C16H23N5O3/c1-3-9(2)13(21-16(17)24)15(23)19-11-6-7-12(18-8-11)20-14(22)10-4-5-10/h6-10,13H,3-5H2,1-2H3,(H,19,23)(H3,17,21,24)(H,18,20,22)/t9-,13-/m0/s1. The average molecular weight is 333 g/mol. The Morgan fingerprint density at radius 3 is 2.50 bits per heavy atom. The van der Waals surface area contributed by atoms with E-state index in [1.165, 1.54) is 6.20 Å². The lowest BCUT2D eigenvalue weighted by molar-refractivity contribution is -0.119. The topological polar surface area (TPSA) is 126 Å². The number of hydrogen-bond donors (Lipinski definition) is 4. The van der Waals surface area contributed by atoms with Crippen molar-refractivity contribution in [3.8, 4) is 0 Å². The van der Waals surface area contributed by atoms with Gasteiger partial charge < -0.3 is 21.7 Å². The molecule has 1 aliphatic carbocycles. The zero-order valence-corrected chi connectivity index (χ0v) is 13.8. The number of nitrogens with one attached hydrogen (secondary N) is 3. The second kappa shape index (κ2) is 7.76. The van der Waals surface area contributed by atoms with Gasteiger partial charge in [0.25, 0.3) is 0 Å². The van der Waals surface area contributed by atoms with E-state index in [4.69, 9.17) is 5.73 Å². The van der Waals surface area contributed by atoms with Crippen molar-refractivity contribution in [1.29, 1.82) is 0 Å². The second-order valence-corrected chi connectivity index (χ2v) is 6.06. The maximum absolute atomic E-state index is 12.3. The summed E-state index contributed by atoms with van der Waals surface area (Å²) in [4.78, 5) is 39.2. The van der Waals surface area contributed by atoms with E-state index in [2.05, 4.69) is 20.9 Å². The molecule has 0 saturated heterocycles.